The lowest BCUT2D eigenvalue weighted by atomic mass is 10.3. The van der Waals surface area contributed by atoms with Crippen molar-refractivity contribution in [3.05, 3.63) is 11.5 Å². The lowest BCUT2D eigenvalue weighted by molar-refractivity contribution is -0.130. The molecule has 6 nitrogen and oxygen atoms in total. The van der Waals surface area contributed by atoms with Crippen molar-refractivity contribution < 1.29 is 4.79 Å². The van der Waals surface area contributed by atoms with Crippen molar-refractivity contribution in [2.24, 2.45) is 0 Å². The summed E-state index contributed by atoms with van der Waals surface area (Å²) in [5, 5.41) is 3.16. The molecule has 1 fully saturated rings. The van der Waals surface area contributed by atoms with Crippen molar-refractivity contribution in [3.8, 4) is 0 Å². The monoisotopic (exact) mass is 269 g/mol. The average Bonchev–Trinajstić information content (AvgIpc) is 2.87. The minimum atomic E-state index is -0.378. The number of halogens is 1. The molecule has 1 aromatic rings. The molecule has 1 saturated heterocycles. The van der Waals surface area contributed by atoms with Crippen LogP contribution in [-0.4, -0.2) is 39.9 Å². The van der Waals surface area contributed by atoms with Gasteiger partial charge in [-0.2, -0.15) is 0 Å². The van der Waals surface area contributed by atoms with Crippen LogP contribution in [0.5, 0.6) is 0 Å². The Labute approximate surface area is 111 Å². The van der Waals surface area contributed by atoms with E-state index in [4.69, 9.17) is 17.3 Å². The van der Waals surface area contributed by atoms with Crippen LogP contribution in [0.25, 0.3) is 0 Å². The lowest BCUT2D eigenvalue weighted by Crippen LogP contribution is -2.39. The van der Waals surface area contributed by atoms with Gasteiger partial charge in [0.25, 0.3) is 0 Å². The Balaban J connectivity index is 2.04. The highest BCUT2D eigenvalue weighted by Gasteiger charge is 2.24. The maximum absolute atomic E-state index is 12.1. The third-order valence-corrected chi connectivity index (χ3v) is 3.28. The van der Waals surface area contributed by atoms with E-state index in [0.717, 1.165) is 25.9 Å². The van der Waals surface area contributed by atoms with Gasteiger partial charge in [-0.15, -0.1) is 0 Å². The van der Waals surface area contributed by atoms with Crippen LogP contribution in [0, 0.1) is 0 Å². The van der Waals surface area contributed by atoms with E-state index in [1.807, 2.05) is 4.90 Å². The molecule has 2 heterocycles. The number of carbonyl (C=O) groups excluding carboxylic acids is 1. The molecule has 7 heteroatoms. The minimum Gasteiger partial charge on any atom is -0.393 e. The standard InChI is InChI=1S/C11H16ClN5O/c1-7(11(18)17-4-2-3-5-17)16-10-8(13)9(12)14-6-15-10/h6-7H,2-5,13H2,1H3,(H,14,15,16). The molecule has 2 rings (SSSR count). The smallest absolute Gasteiger partial charge is 0.244 e. The normalized spacial score (nSPS) is 16.7. The second kappa shape index (κ2) is 5.39. The maximum atomic E-state index is 12.1. The second-order valence-corrected chi connectivity index (χ2v) is 4.68. The number of carbonyl (C=O) groups is 1. The molecular formula is C11H16ClN5O. The van der Waals surface area contributed by atoms with Crippen molar-refractivity contribution in [2.45, 2.75) is 25.8 Å². The molecule has 1 aliphatic heterocycles. The molecule has 18 heavy (non-hydrogen) atoms. The number of hydrogen-bond acceptors (Lipinski definition) is 5. The van der Waals surface area contributed by atoms with Crippen molar-refractivity contribution in [1.29, 1.82) is 0 Å². The summed E-state index contributed by atoms with van der Waals surface area (Å²) in [5.74, 6) is 0.455. The lowest BCUT2D eigenvalue weighted by Gasteiger charge is -2.21. The quantitative estimate of drug-likeness (QED) is 0.804. The summed E-state index contributed by atoms with van der Waals surface area (Å²) in [4.78, 5) is 21.7. The highest BCUT2D eigenvalue weighted by atomic mass is 35.5. The first-order chi connectivity index (χ1) is 8.59. The van der Waals surface area contributed by atoms with Gasteiger partial charge in [0.1, 0.15) is 18.1 Å². The Kier molecular flexibility index (Phi) is 3.86. The van der Waals surface area contributed by atoms with Crippen LogP contribution in [0.4, 0.5) is 11.5 Å². The van der Waals surface area contributed by atoms with Crippen LogP contribution in [0.15, 0.2) is 6.33 Å². The summed E-state index contributed by atoms with van der Waals surface area (Å²) in [5.41, 5.74) is 6.00. The summed E-state index contributed by atoms with van der Waals surface area (Å²) >= 11 is 5.79. The molecule has 0 bridgehead atoms. The van der Waals surface area contributed by atoms with E-state index in [1.54, 1.807) is 6.92 Å². The molecule has 0 spiro atoms. The van der Waals surface area contributed by atoms with Crippen LogP contribution in [-0.2, 0) is 4.79 Å². The van der Waals surface area contributed by atoms with Gasteiger partial charge in [0, 0.05) is 13.1 Å². The zero-order valence-corrected chi connectivity index (χ0v) is 10.9. The predicted octanol–water partition coefficient (Wildman–Crippen LogP) is 1.14. The number of amides is 1. The molecule has 1 unspecified atom stereocenters. The fraction of sp³-hybridized carbons (Fsp3) is 0.545. The van der Waals surface area contributed by atoms with E-state index in [2.05, 4.69) is 15.3 Å². The number of rotatable bonds is 3. The van der Waals surface area contributed by atoms with Gasteiger partial charge in [-0.05, 0) is 19.8 Å². The number of aromatic nitrogens is 2. The van der Waals surface area contributed by atoms with Crippen LogP contribution in [0.2, 0.25) is 5.15 Å². The van der Waals surface area contributed by atoms with E-state index < -0.39 is 0 Å². The van der Waals surface area contributed by atoms with Gasteiger partial charge in [-0.1, -0.05) is 11.6 Å². The zero-order chi connectivity index (χ0) is 13.1. The van der Waals surface area contributed by atoms with Crippen LogP contribution >= 0.6 is 11.6 Å². The summed E-state index contributed by atoms with van der Waals surface area (Å²) < 4.78 is 0. The summed E-state index contributed by atoms with van der Waals surface area (Å²) in [6, 6.07) is -0.378. The molecule has 0 saturated carbocycles. The number of anilines is 2. The van der Waals surface area contributed by atoms with Crippen LogP contribution in [0.3, 0.4) is 0 Å². The van der Waals surface area contributed by atoms with Gasteiger partial charge in [0.2, 0.25) is 5.91 Å². The van der Waals surface area contributed by atoms with Crippen molar-refractivity contribution in [1.82, 2.24) is 14.9 Å². The van der Waals surface area contributed by atoms with Gasteiger partial charge in [-0.3, -0.25) is 4.79 Å². The average molecular weight is 270 g/mol. The Hall–Kier alpha value is -1.56. The topological polar surface area (TPSA) is 84.1 Å². The molecule has 0 aliphatic carbocycles. The van der Waals surface area contributed by atoms with Crippen LogP contribution in [0.1, 0.15) is 19.8 Å². The van der Waals surface area contributed by atoms with E-state index in [9.17, 15) is 4.79 Å². The van der Waals surface area contributed by atoms with E-state index in [-0.39, 0.29) is 22.8 Å². The Bertz CT molecular complexity index is 447. The molecule has 1 atom stereocenters. The van der Waals surface area contributed by atoms with Gasteiger partial charge in [-0.25, -0.2) is 9.97 Å². The molecule has 98 valence electrons. The zero-order valence-electron chi connectivity index (χ0n) is 10.2. The van der Waals surface area contributed by atoms with E-state index in [1.165, 1.54) is 6.33 Å². The van der Waals surface area contributed by atoms with Crippen molar-refractivity contribution >= 4 is 29.0 Å². The Morgan fingerprint density at radius 3 is 2.83 bits per heavy atom. The second-order valence-electron chi connectivity index (χ2n) is 4.33. The number of nitrogens with one attached hydrogen (secondary N) is 1. The molecular weight excluding hydrogens is 254 g/mol. The fourth-order valence-corrected chi connectivity index (χ4v) is 2.10. The maximum Gasteiger partial charge on any atom is 0.244 e. The van der Waals surface area contributed by atoms with Gasteiger partial charge < -0.3 is 16.0 Å². The highest BCUT2D eigenvalue weighted by molar-refractivity contribution is 6.32. The Morgan fingerprint density at radius 2 is 2.17 bits per heavy atom. The van der Waals surface area contributed by atoms with Crippen molar-refractivity contribution in [2.75, 3.05) is 24.1 Å². The predicted molar refractivity (Wildman–Crippen MR) is 70.4 cm³/mol. The fourth-order valence-electron chi connectivity index (χ4n) is 1.97. The molecule has 1 aliphatic rings. The summed E-state index contributed by atoms with van der Waals surface area (Å²) in [6.07, 6.45) is 3.45. The highest BCUT2D eigenvalue weighted by Crippen LogP contribution is 2.22. The van der Waals surface area contributed by atoms with E-state index in [0.29, 0.717) is 5.82 Å². The van der Waals surface area contributed by atoms with Gasteiger partial charge in [0.15, 0.2) is 11.0 Å². The summed E-state index contributed by atoms with van der Waals surface area (Å²) in [6.45, 7) is 3.44. The minimum absolute atomic E-state index is 0.0571. The SMILES string of the molecule is CC(Nc1ncnc(Cl)c1N)C(=O)N1CCCC1. The third kappa shape index (κ3) is 2.64. The number of nitrogens with zero attached hydrogens (tertiary/aromatic N) is 3. The number of hydrogen-bond donors (Lipinski definition) is 2. The first kappa shape index (κ1) is 12.9. The first-order valence-corrected chi connectivity index (χ1v) is 6.28. The van der Waals surface area contributed by atoms with Gasteiger partial charge >= 0.3 is 0 Å². The van der Waals surface area contributed by atoms with Crippen molar-refractivity contribution in [3.63, 3.8) is 0 Å². The molecule has 0 aromatic carbocycles. The van der Waals surface area contributed by atoms with E-state index >= 15 is 0 Å². The van der Waals surface area contributed by atoms with Crippen LogP contribution < -0.4 is 11.1 Å². The Morgan fingerprint density at radius 1 is 1.50 bits per heavy atom. The largest absolute Gasteiger partial charge is 0.393 e. The number of nitrogens with two attached hydrogens (primary N) is 1. The molecule has 0 radical (unpaired) electrons. The molecule has 1 amide bonds. The number of likely N-dealkylation sites (tertiary alicyclic amines) is 1. The third-order valence-electron chi connectivity index (χ3n) is 2.98. The molecule has 1 aromatic heterocycles. The summed E-state index contributed by atoms with van der Waals surface area (Å²) in [7, 11) is 0. The van der Waals surface area contributed by atoms with Gasteiger partial charge in [0.05, 0.1) is 0 Å². The number of nitrogen functional groups attached to an aromatic ring is 1. The first-order valence-electron chi connectivity index (χ1n) is 5.91. The molecule has 3 N–H and O–H groups in total.